The lowest BCUT2D eigenvalue weighted by Crippen LogP contribution is -2.46. The van der Waals surface area contributed by atoms with Gasteiger partial charge in [-0.2, -0.15) is 0 Å². The Bertz CT molecular complexity index is 481. The molecule has 0 spiro atoms. The van der Waals surface area contributed by atoms with Gasteiger partial charge in [0.15, 0.2) is 0 Å². The Morgan fingerprint density at radius 1 is 1.26 bits per heavy atom. The number of amides is 2. The number of hydrogen-bond donors (Lipinski definition) is 2. The van der Waals surface area contributed by atoms with Crippen LogP contribution in [-0.4, -0.2) is 17.9 Å². The van der Waals surface area contributed by atoms with Crippen molar-refractivity contribution in [3.05, 3.63) is 29.3 Å². The quantitative estimate of drug-likeness (QED) is 0.896. The molecule has 1 rings (SSSR count). The van der Waals surface area contributed by atoms with Gasteiger partial charge >= 0.3 is 0 Å². The summed E-state index contributed by atoms with van der Waals surface area (Å²) in [7, 11) is 0. The van der Waals surface area contributed by atoms with Crippen molar-refractivity contribution in [2.75, 3.05) is 5.32 Å². The number of carbonyl (C=O) groups excluding carboxylic acids is 2. The first kappa shape index (κ1) is 15.5. The monoisotopic (exact) mass is 282 g/mol. The van der Waals surface area contributed by atoms with Crippen molar-refractivity contribution in [1.29, 1.82) is 0 Å². The summed E-state index contributed by atoms with van der Waals surface area (Å²) >= 11 is 5.83. The number of halogens is 1. The maximum Gasteiger partial charge on any atom is 0.246 e. The Morgan fingerprint density at radius 2 is 1.89 bits per heavy atom. The minimum absolute atomic E-state index is 0.166. The molecule has 1 atom stereocenters. The molecule has 0 aromatic heterocycles. The van der Waals surface area contributed by atoms with Gasteiger partial charge in [-0.3, -0.25) is 9.59 Å². The van der Waals surface area contributed by atoms with Crippen molar-refractivity contribution < 1.29 is 9.59 Å². The second kappa shape index (κ2) is 6.06. The van der Waals surface area contributed by atoms with Crippen LogP contribution in [0.2, 0.25) is 5.02 Å². The number of benzene rings is 1. The Kier molecular flexibility index (Phi) is 4.95. The Balaban J connectivity index is 2.61. The molecule has 104 valence electrons. The van der Waals surface area contributed by atoms with Gasteiger partial charge in [0.1, 0.15) is 6.04 Å². The summed E-state index contributed by atoms with van der Waals surface area (Å²) < 4.78 is 0. The molecule has 0 aliphatic heterocycles. The van der Waals surface area contributed by atoms with Gasteiger partial charge in [0.2, 0.25) is 11.8 Å². The largest absolute Gasteiger partial charge is 0.344 e. The average Bonchev–Trinajstić information content (AvgIpc) is 2.27. The number of carbonyl (C=O) groups is 2. The summed E-state index contributed by atoms with van der Waals surface area (Å²) in [5, 5.41) is 5.92. The van der Waals surface area contributed by atoms with Crippen molar-refractivity contribution >= 4 is 29.1 Å². The van der Waals surface area contributed by atoms with Crippen molar-refractivity contribution in [2.45, 2.75) is 33.7 Å². The third kappa shape index (κ3) is 4.91. The van der Waals surface area contributed by atoms with E-state index < -0.39 is 11.5 Å². The van der Waals surface area contributed by atoms with Crippen LogP contribution in [0.4, 0.5) is 5.69 Å². The van der Waals surface area contributed by atoms with Gasteiger partial charge in [0.25, 0.3) is 0 Å². The van der Waals surface area contributed by atoms with E-state index in [1.165, 1.54) is 0 Å². The minimum atomic E-state index is -0.606. The molecule has 2 amide bonds. The highest BCUT2D eigenvalue weighted by atomic mass is 35.5. The molecule has 4 nitrogen and oxygen atoms in total. The van der Waals surface area contributed by atoms with E-state index in [2.05, 4.69) is 10.6 Å². The standard InChI is InChI=1S/C14H19ClN2O2/c1-9(16-13(19)14(2,3)4)12(18)17-11-7-5-6-10(15)8-11/h5-9H,1-4H3,(H,16,19)(H,17,18)/t9-/m0/s1. The normalized spacial score (nSPS) is 12.7. The fourth-order valence-electron chi connectivity index (χ4n) is 1.30. The Morgan fingerprint density at radius 3 is 2.42 bits per heavy atom. The molecule has 1 aromatic rings. The second-order valence-corrected chi connectivity index (χ2v) is 5.88. The molecule has 0 saturated heterocycles. The maximum absolute atomic E-state index is 11.9. The van der Waals surface area contributed by atoms with E-state index in [4.69, 9.17) is 11.6 Å². The first-order valence-corrected chi connectivity index (χ1v) is 6.45. The minimum Gasteiger partial charge on any atom is -0.344 e. The summed E-state index contributed by atoms with van der Waals surface area (Å²) in [5.74, 6) is -0.443. The highest BCUT2D eigenvalue weighted by Gasteiger charge is 2.25. The van der Waals surface area contributed by atoms with Crippen LogP contribution in [0.5, 0.6) is 0 Å². The Labute approximate surface area is 118 Å². The molecule has 0 aliphatic rings. The number of nitrogens with one attached hydrogen (secondary N) is 2. The van der Waals surface area contributed by atoms with Crippen molar-refractivity contribution in [3.8, 4) is 0 Å². The lowest BCUT2D eigenvalue weighted by atomic mass is 9.95. The SMILES string of the molecule is C[C@H](NC(=O)C(C)(C)C)C(=O)Nc1cccc(Cl)c1. The van der Waals surface area contributed by atoms with Gasteiger partial charge in [-0.1, -0.05) is 38.4 Å². The van der Waals surface area contributed by atoms with Crippen LogP contribution in [0.1, 0.15) is 27.7 Å². The molecule has 0 bridgehead atoms. The smallest absolute Gasteiger partial charge is 0.246 e. The topological polar surface area (TPSA) is 58.2 Å². The molecule has 0 saturated carbocycles. The molecular formula is C14H19ClN2O2. The van der Waals surface area contributed by atoms with Gasteiger partial charge in [-0.05, 0) is 25.1 Å². The molecule has 2 N–H and O–H groups in total. The van der Waals surface area contributed by atoms with Crippen LogP contribution >= 0.6 is 11.6 Å². The van der Waals surface area contributed by atoms with Gasteiger partial charge < -0.3 is 10.6 Å². The molecule has 19 heavy (non-hydrogen) atoms. The van der Waals surface area contributed by atoms with E-state index in [1.807, 2.05) is 0 Å². The zero-order valence-electron chi connectivity index (χ0n) is 11.6. The summed E-state index contributed by atoms with van der Waals surface area (Å²) in [6.07, 6.45) is 0. The van der Waals surface area contributed by atoms with Crippen LogP contribution in [0.3, 0.4) is 0 Å². The molecular weight excluding hydrogens is 264 g/mol. The second-order valence-electron chi connectivity index (χ2n) is 5.44. The molecule has 0 heterocycles. The summed E-state index contributed by atoms with van der Waals surface area (Å²) in [6, 6.07) is 6.25. The van der Waals surface area contributed by atoms with Crippen molar-refractivity contribution in [3.63, 3.8) is 0 Å². The average molecular weight is 283 g/mol. The predicted molar refractivity (Wildman–Crippen MR) is 77.1 cm³/mol. The molecule has 0 radical (unpaired) electrons. The third-order valence-corrected chi connectivity index (χ3v) is 2.75. The van der Waals surface area contributed by atoms with Gasteiger partial charge in [0.05, 0.1) is 0 Å². The van der Waals surface area contributed by atoms with Gasteiger partial charge in [-0.15, -0.1) is 0 Å². The van der Waals surface area contributed by atoms with Gasteiger partial charge in [0, 0.05) is 16.1 Å². The zero-order valence-corrected chi connectivity index (χ0v) is 12.3. The predicted octanol–water partition coefficient (Wildman–Crippen LogP) is 2.83. The lowest BCUT2D eigenvalue weighted by Gasteiger charge is -2.21. The highest BCUT2D eigenvalue weighted by Crippen LogP contribution is 2.16. The summed E-state index contributed by atoms with van der Waals surface area (Å²) in [5.41, 5.74) is 0.0827. The Hall–Kier alpha value is -1.55. The van der Waals surface area contributed by atoms with E-state index in [1.54, 1.807) is 52.0 Å². The molecule has 1 aromatic carbocycles. The van der Waals surface area contributed by atoms with Crippen LogP contribution in [0.15, 0.2) is 24.3 Å². The highest BCUT2D eigenvalue weighted by molar-refractivity contribution is 6.30. The van der Waals surface area contributed by atoms with E-state index in [0.717, 1.165) is 0 Å². The first-order valence-electron chi connectivity index (χ1n) is 6.07. The van der Waals surface area contributed by atoms with E-state index >= 15 is 0 Å². The summed E-state index contributed by atoms with van der Waals surface area (Å²) in [6.45, 7) is 7.03. The van der Waals surface area contributed by atoms with Crippen LogP contribution in [-0.2, 0) is 9.59 Å². The first-order chi connectivity index (χ1) is 8.70. The number of rotatable bonds is 3. The number of anilines is 1. The number of hydrogen-bond acceptors (Lipinski definition) is 2. The summed E-state index contributed by atoms with van der Waals surface area (Å²) in [4.78, 5) is 23.7. The lowest BCUT2D eigenvalue weighted by molar-refractivity contribution is -0.131. The fraction of sp³-hybridized carbons (Fsp3) is 0.429. The maximum atomic E-state index is 11.9. The van der Waals surface area contributed by atoms with E-state index in [-0.39, 0.29) is 11.8 Å². The van der Waals surface area contributed by atoms with E-state index in [9.17, 15) is 9.59 Å². The zero-order chi connectivity index (χ0) is 14.6. The van der Waals surface area contributed by atoms with Crippen molar-refractivity contribution in [1.82, 2.24) is 5.32 Å². The van der Waals surface area contributed by atoms with Crippen LogP contribution in [0.25, 0.3) is 0 Å². The molecule has 5 heteroatoms. The molecule has 0 fully saturated rings. The molecule has 0 aliphatic carbocycles. The van der Waals surface area contributed by atoms with Crippen molar-refractivity contribution in [2.24, 2.45) is 5.41 Å². The third-order valence-electron chi connectivity index (χ3n) is 2.51. The molecule has 0 unspecified atom stereocenters. The van der Waals surface area contributed by atoms with Crippen LogP contribution < -0.4 is 10.6 Å². The fourth-order valence-corrected chi connectivity index (χ4v) is 1.49. The van der Waals surface area contributed by atoms with E-state index in [0.29, 0.717) is 10.7 Å². The van der Waals surface area contributed by atoms with Gasteiger partial charge in [-0.25, -0.2) is 0 Å². The van der Waals surface area contributed by atoms with Crippen LogP contribution in [0, 0.1) is 5.41 Å².